The Labute approximate surface area is 231 Å². The number of rotatable bonds is 3. The van der Waals surface area contributed by atoms with Crippen LogP contribution in [0, 0.1) is 22.7 Å². The summed E-state index contributed by atoms with van der Waals surface area (Å²) in [5.41, 5.74) is 9.39. The molecule has 0 aromatic carbocycles. The van der Waals surface area contributed by atoms with E-state index in [2.05, 4.69) is 38.8 Å². The zero-order chi connectivity index (χ0) is 25.7. The van der Waals surface area contributed by atoms with Crippen LogP contribution in [0.25, 0.3) is 0 Å². The summed E-state index contributed by atoms with van der Waals surface area (Å²) in [6.45, 7) is 3.64. The second kappa shape index (κ2) is 10.1. The molecule has 5 unspecified atom stereocenters. The number of nitrogens with one attached hydrogen (secondary N) is 1. The number of guanidine groups is 1. The van der Waals surface area contributed by atoms with Crippen LogP contribution in [0.15, 0.2) is 16.1 Å². The number of nitrogens with zero attached hydrogens (tertiary/aromatic N) is 1. The van der Waals surface area contributed by atoms with E-state index in [1.54, 1.807) is 5.57 Å². The fourth-order valence-corrected chi connectivity index (χ4v) is 14.0. The Bertz CT molecular complexity index is 976. The Balaban J connectivity index is 1.38. The largest absolute Gasteiger partial charge is 0.396 e. The first-order valence-corrected chi connectivity index (χ1v) is 17.5. The van der Waals surface area contributed by atoms with Crippen molar-refractivity contribution in [3.63, 3.8) is 0 Å². The quantitative estimate of drug-likeness (QED) is 0.368. The van der Waals surface area contributed by atoms with E-state index in [1.165, 1.54) is 56.9 Å². The molecule has 4 N–H and O–H groups in total. The summed E-state index contributed by atoms with van der Waals surface area (Å²) in [5.74, 6) is 3.50. The molecule has 206 valence electrons. The molecule has 3 saturated carbocycles. The van der Waals surface area contributed by atoms with Gasteiger partial charge in [-0.3, -0.25) is 9.79 Å². The van der Waals surface area contributed by atoms with Crippen molar-refractivity contribution in [1.29, 1.82) is 0 Å². The van der Waals surface area contributed by atoms with Gasteiger partial charge in [-0.25, -0.2) is 0 Å². The smallest absolute Gasteiger partial charge is 0.189 e. The first-order valence-electron chi connectivity index (χ1n) is 15.2. The topological polar surface area (TPSA) is 87.7 Å². The van der Waals surface area contributed by atoms with Crippen molar-refractivity contribution in [3.05, 3.63) is 11.1 Å². The molecule has 5 bridgehead atoms. The summed E-state index contributed by atoms with van der Waals surface area (Å²) in [7, 11) is 4.31. The normalized spacial score (nSPS) is 41.7. The second-order valence-corrected chi connectivity index (χ2v) is 16.1. The molecule has 3 spiro atoms. The van der Waals surface area contributed by atoms with E-state index >= 15 is 0 Å². The van der Waals surface area contributed by atoms with Gasteiger partial charge in [0, 0.05) is 35.5 Å². The molecule has 0 radical (unpaired) electrons. The number of aliphatic hydroxyl groups is 1. The predicted octanol–water partition coefficient (Wildman–Crippen LogP) is 6.16. The van der Waals surface area contributed by atoms with Gasteiger partial charge >= 0.3 is 0 Å². The minimum Gasteiger partial charge on any atom is -0.396 e. The van der Waals surface area contributed by atoms with Crippen LogP contribution in [0.5, 0.6) is 0 Å². The molecular formula is C30H47N3O2S2. The van der Waals surface area contributed by atoms with Gasteiger partial charge in [0.2, 0.25) is 0 Å². The molecule has 7 heteroatoms. The van der Waals surface area contributed by atoms with Crippen molar-refractivity contribution >= 4 is 33.3 Å². The Hall–Kier alpha value is -0.660. The Morgan fingerprint density at radius 2 is 1.95 bits per heavy atom. The van der Waals surface area contributed by atoms with E-state index < -0.39 is 0 Å². The molecule has 2 aliphatic heterocycles. The van der Waals surface area contributed by atoms with Crippen LogP contribution in [-0.2, 0) is 4.79 Å². The molecule has 37 heavy (non-hydrogen) atoms. The lowest BCUT2D eigenvalue weighted by Gasteiger charge is -2.55. The summed E-state index contributed by atoms with van der Waals surface area (Å²) in [4.78, 5) is 18.4. The molecule has 6 rings (SSSR count). The number of hydrogen-bond acceptors (Lipinski definition) is 7. The van der Waals surface area contributed by atoms with Crippen LogP contribution >= 0.6 is 21.6 Å². The van der Waals surface area contributed by atoms with Gasteiger partial charge in [0.25, 0.3) is 0 Å². The Kier molecular flexibility index (Phi) is 7.23. The van der Waals surface area contributed by atoms with Crippen molar-refractivity contribution in [1.82, 2.24) is 5.32 Å². The van der Waals surface area contributed by atoms with Gasteiger partial charge in [0.1, 0.15) is 0 Å². The maximum Gasteiger partial charge on any atom is 0.189 e. The highest BCUT2D eigenvalue weighted by Gasteiger charge is 2.68. The number of Topliss-reactive ketones (excluding diaryl/α,β-unsaturated/α-hetero) is 1. The molecule has 5 nitrogen and oxygen atoms in total. The van der Waals surface area contributed by atoms with Crippen LogP contribution in [-0.4, -0.2) is 46.0 Å². The number of carbonyl (C=O) groups excluding carboxylic acids is 1. The third-order valence-electron chi connectivity index (χ3n) is 12.0. The fourth-order valence-electron chi connectivity index (χ4n) is 10.2. The maximum absolute atomic E-state index is 13.8. The number of hydrogen-bond donors (Lipinski definition) is 3. The first-order chi connectivity index (χ1) is 17.9. The zero-order valence-corrected chi connectivity index (χ0v) is 24.4. The van der Waals surface area contributed by atoms with Crippen molar-refractivity contribution in [3.8, 4) is 0 Å². The van der Waals surface area contributed by atoms with Gasteiger partial charge in [-0.2, -0.15) is 0 Å². The number of nitrogens with two attached hydrogens (primary N) is 1. The van der Waals surface area contributed by atoms with Gasteiger partial charge in [-0.1, -0.05) is 53.3 Å². The van der Waals surface area contributed by atoms with Gasteiger partial charge < -0.3 is 16.2 Å². The number of allylic oxidation sites excluding steroid dienone is 2. The second-order valence-electron chi connectivity index (χ2n) is 13.3. The molecule has 4 aliphatic carbocycles. The highest BCUT2D eigenvalue weighted by Crippen LogP contribution is 2.74. The van der Waals surface area contributed by atoms with E-state index in [4.69, 9.17) is 5.73 Å². The lowest BCUT2D eigenvalue weighted by Crippen LogP contribution is -2.66. The van der Waals surface area contributed by atoms with Crippen molar-refractivity contribution in [2.45, 2.75) is 120 Å². The molecule has 5 atom stereocenters. The number of ketones is 1. The van der Waals surface area contributed by atoms with Crippen molar-refractivity contribution < 1.29 is 9.90 Å². The third-order valence-corrected chi connectivity index (χ3v) is 15.4. The lowest BCUT2D eigenvalue weighted by molar-refractivity contribution is -0.121. The van der Waals surface area contributed by atoms with Crippen LogP contribution in [0.1, 0.15) is 110 Å². The Morgan fingerprint density at radius 3 is 2.73 bits per heavy atom. The van der Waals surface area contributed by atoms with E-state index in [1.807, 2.05) is 0 Å². The lowest BCUT2D eigenvalue weighted by atomic mass is 9.50. The Morgan fingerprint density at radius 1 is 1.11 bits per heavy atom. The summed E-state index contributed by atoms with van der Waals surface area (Å²) in [6.07, 6.45) is 18.1. The molecule has 2 heterocycles. The van der Waals surface area contributed by atoms with E-state index in [-0.39, 0.29) is 27.7 Å². The molecule has 0 aromatic rings. The molecule has 3 fully saturated rings. The summed E-state index contributed by atoms with van der Waals surface area (Å²) < 4.78 is 0.184. The fraction of sp³-hybridized carbons (Fsp3) is 0.867. The van der Waals surface area contributed by atoms with Crippen LogP contribution < -0.4 is 11.1 Å². The van der Waals surface area contributed by atoms with Gasteiger partial charge in [0.05, 0.1) is 5.54 Å². The predicted molar refractivity (Wildman–Crippen MR) is 156 cm³/mol. The van der Waals surface area contributed by atoms with E-state index in [0.29, 0.717) is 17.7 Å². The first kappa shape index (κ1) is 26.6. The minimum absolute atomic E-state index is 0.0298. The summed E-state index contributed by atoms with van der Waals surface area (Å²) in [5, 5.41) is 13.5. The summed E-state index contributed by atoms with van der Waals surface area (Å²) >= 11 is 0. The monoisotopic (exact) mass is 545 g/mol. The van der Waals surface area contributed by atoms with Gasteiger partial charge in [-0.15, -0.1) is 0 Å². The summed E-state index contributed by atoms with van der Waals surface area (Å²) in [6, 6.07) is 0. The number of aliphatic hydroxyl groups excluding tert-OH is 1. The molecule has 6 aliphatic rings. The van der Waals surface area contributed by atoms with Crippen LogP contribution in [0.2, 0.25) is 0 Å². The highest BCUT2D eigenvalue weighted by molar-refractivity contribution is 8.77. The van der Waals surface area contributed by atoms with Crippen LogP contribution in [0.3, 0.4) is 0 Å². The molecular weight excluding hydrogens is 498 g/mol. The van der Waals surface area contributed by atoms with Crippen LogP contribution in [0.4, 0.5) is 0 Å². The number of aliphatic imine (C=N–C) groups is 1. The number of fused-ring (bicyclic) bond motifs is 1. The van der Waals surface area contributed by atoms with E-state index in [0.717, 1.165) is 69.6 Å². The SMILES string of the molecule is CC12CCSSC3(CCCCC3)C3(CCCC4=C5CC1CCC(CCCO)C52CC4=O)CCN=C(N)N3. The maximum atomic E-state index is 13.8. The van der Waals surface area contributed by atoms with Crippen molar-refractivity contribution in [2.24, 2.45) is 33.4 Å². The highest BCUT2D eigenvalue weighted by atomic mass is 33.1. The molecule has 0 aromatic heterocycles. The van der Waals surface area contributed by atoms with E-state index in [9.17, 15) is 9.90 Å². The minimum atomic E-state index is -0.0298. The van der Waals surface area contributed by atoms with Gasteiger partial charge in [0.15, 0.2) is 11.7 Å². The molecule has 0 amide bonds. The average Bonchev–Trinajstić information content (AvgIpc) is 3.21. The third kappa shape index (κ3) is 3.98. The number of carbonyl (C=O) groups is 1. The van der Waals surface area contributed by atoms with Gasteiger partial charge in [-0.05, 0) is 99.9 Å². The standard InChI is InChI=1S/C30H47N3O2S2/c1-27-15-18-36-37-29(12-3-2-4-13-29)28(14-16-32-26(31)33-28)11-5-8-23-24-19-22(27)10-9-21(7-6-17-34)30(24,27)20-25(23)35/h21-22,34H,2-20H2,1H3,(H3,31,32,33). The molecule has 0 saturated heterocycles. The van der Waals surface area contributed by atoms with Crippen molar-refractivity contribution in [2.75, 3.05) is 18.9 Å². The average molecular weight is 546 g/mol. The zero-order valence-electron chi connectivity index (χ0n) is 22.8.